The molecule has 1 fully saturated rings. The van der Waals surface area contributed by atoms with Gasteiger partial charge >= 0.3 is 0 Å². The number of hydrazone groups is 1. The zero-order chi connectivity index (χ0) is 15.7. The van der Waals surface area contributed by atoms with E-state index in [2.05, 4.69) is 5.10 Å². The summed E-state index contributed by atoms with van der Waals surface area (Å²) >= 11 is 1.36. The SMILES string of the molecule is CC(=O)N1N=C(C(=O)N2CCCC2)SC1(C)c1ccccc1. The van der Waals surface area contributed by atoms with E-state index in [0.717, 1.165) is 31.5 Å². The van der Waals surface area contributed by atoms with Gasteiger partial charge in [0.05, 0.1) is 0 Å². The first-order valence-electron chi connectivity index (χ1n) is 7.45. The molecule has 22 heavy (non-hydrogen) atoms. The molecule has 1 atom stereocenters. The normalized spacial score (nSPS) is 24.5. The van der Waals surface area contributed by atoms with Crippen molar-refractivity contribution in [1.29, 1.82) is 0 Å². The van der Waals surface area contributed by atoms with E-state index in [-0.39, 0.29) is 11.8 Å². The van der Waals surface area contributed by atoms with Crippen LogP contribution in [0.2, 0.25) is 0 Å². The molecule has 3 rings (SSSR count). The minimum atomic E-state index is -0.669. The van der Waals surface area contributed by atoms with E-state index < -0.39 is 4.87 Å². The summed E-state index contributed by atoms with van der Waals surface area (Å²) in [5.41, 5.74) is 0.961. The van der Waals surface area contributed by atoms with E-state index in [0.29, 0.717) is 5.04 Å². The predicted molar refractivity (Wildman–Crippen MR) is 87.2 cm³/mol. The van der Waals surface area contributed by atoms with Gasteiger partial charge in [-0.05, 0) is 25.3 Å². The van der Waals surface area contributed by atoms with E-state index in [4.69, 9.17) is 0 Å². The Labute approximate surface area is 134 Å². The Hall–Kier alpha value is -1.82. The largest absolute Gasteiger partial charge is 0.337 e. The molecule has 1 aromatic carbocycles. The van der Waals surface area contributed by atoms with Gasteiger partial charge < -0.3 is 4.90 Å². The van der Waals surface area contributed by atoms with E-state index >= 15 is 0 Å². The second kappa shape index (κ2) is 5.76. The summed E-state index contributed by atoms with van der Waals surface area (Å²) in [5.74, 6) is -0.225. The van der Waals surface area contributed by atoms with Gasteiger partial charge in [0.1, 0.15) is 4.87 Å². The fourth-order valence-electron chi connectivity index (χ4n) is 2.88. The number of benzene rings is 1. The van der Waals surface area contributed by atoms with Gasteiger partial charge in [-0.15, -0.1) is 0 Å². The highest BCUT2D eigenvalue weighted by atomic mass is 32.2. The Bertz CT molecular complexity index is 626. The van der Waals surface area contributed by atoms with Gasteiger partial charge in [-0.3, -0.25) is 9.59 Å². The van der Waals surface area contributed by atoms with Crippen molar-refractivity contribution in [2.45, 2.75) is 31.6 Å². The Morgan fingerprint density at radius 2 is 1.82 bits per heavy atom. The molecule has 0 spiro atoms. The average molecular weight is 317 g/mol. The number of rotatable bonds is 2. The lowest BCUT2D eigenvalue weighted by molar-refractivity contribution is -0.131. The average Bonchev–Trinajstić information content (AvgIpc) is 3.16. The molecule has 1 aromatic rings. The minimum Gasteiger partial charge on any atom is -0.337 e. The molecule has 0 aliphatic carbocycles. The first-order chi connectivity index (χ1) is 10.5. The van der Waals surface area contributed by atoms with Crippen molar-refractivity contribution in [1.82, 2.24) is 9.91 Å². The van der Waals surface area contributed by atoms with Crippen molar-refractivity contribution in [3.8, 4) is 0 Å². The van der Waals surface area contributed by atoms with Crippen molar-refractivity contribution < 1.29 is 9.59 Å². The van der Waals surface area contributed by atoms with Crippen LogP contribution in [0.1, 0.15) is 32.3 Å². The third kappa shape index (κ3) is 2.52. The number of carbonyl (C=O) groups is 2. The van der Waals surface area contributed by atoms with Crippen LogP contribution in [0.5, 0.6) is 0 Å². The second-order valence-corrected chi connectivity index (χ2v) is 7.07. The summed E-state index contributed by atoms with van der Waals surface area (Å²) in [4.78, 5) is 25.7. The molecule has 2 aliphatic rings. The quantitative estimate of drug-likeness (QED) is 0.841. The number of likely N-dealkylation sites (tertiary alicyclic amines) is 1. The molecule has 0 saturated carbocycles. The van der Waals surface area contributed by atoms with Gasteiger partial charge in [-0.2, -0.15) is 5.10 Å². The summed E-state index contributed by atoms with van der Waals surface area (Å²) < 4.78 is 0. The fraction of sp³-hybridized carbons (Fsp3) is 0.438. The number of hydrogen-bond acceptors (Lipinski definition) is 4. The first kappa shape index (κ1) is 15.1. The van der Waals surface area contributed by atoms with Crippen LogP contribution in [0, 0.1) is 0 Å². The highest BCUT2D eigenvalue weighted by Gasteiger charge is 2.46. The van der Waals surface area contributed by atoms with Crippen LogP contribution in [0.25, 0.3) is 0 Å². The van der Waals surface area contributed by atoms with Gasteiger partial charge in [0.25, 0.3) is 5.91 Å². The lowest BCUT2D eigenvalue weighted by Crippen LogP contribution is -2.37. The van der Waals surface area contributed by atoms with Crippen LogP contribution in [0.4, 0.5) is 0 Å². The Morgan fingerprint density at radius 3 is 2.41 bits per heavy atom. The lowest BCUT2D eigenvalue weighted by atomic mass is 10.1. The van der Waals surface area contributed by atoms with Gasteiger partial charge in [-0.25, -0.2) is 5.01 Å². The number of amides is 2. The van der Waals surface area contributed by atoms with Gasteiger partial charge in [0.2, 0.25) is 5.91 Å². The smallest absolute Gasteiger partial charge is 0.281 e. The summed E-state index contributed by atoms with van der Waals surface area (Å²) in [6.45, 7) is 4.97. The maximum Gasteiger partial charge on any atom is 0.281 e. The minimum absolute atomic E-state index is 0.0617. The Morgan fingerprint density at radius 1 is 1.18 bits per heavy atom. The molecule has 2 amide bonds. The third-order valence-corrected chi connectivity index (χ3v) is 5.33. The summed E-state index contributed by atoms with van der Waals surface area (Å²) in [6.07, 6.45) is 2.08. The van der Waals surface area contributed by atoms with Crippen LogP contribution in [-0.2, 0) is 14.5 Å². The van der Waals surface area contributed by atoms with Gasteiger partial charge in [0.15, 0.2) is 5.04 Å². The third-order valence-electron chi connectivity index (χ3n) is 4.07. The number of hydrogen-bond donors (Lipinski definition) is 0. The Kier molecular flexibility index (Phi) is 3.95. The van der Waals surface area contributed by atoms with E-state index in [1.54, 1.807) is 0 Å². The van der Waals surface area contributed by atoms with E-state index in [1.165, 1.54) is 23.7 Å². The second-order valence-electron chi connectivity index (χ2n) is 5.69. The van der Waals surface area contributed by atoms with Crippen molar-refractivity contribution in [3.05, 3.63) is 35.9 Å². The Balaban J connectivity index is 1.91. The monoisotopic (exact) mass is 317 g/mol. The lowest BCUT2D eigenvalue weighted by Gasteiger charge is -2.31. The summed E-state index contributed by atoms with van der Waals surface area (Å²) in [7, 11) is 0. The molecule has 0 radical (unpaired) electrons. The number of carbonyl (C=O) groups excluding carboxylic acids is 2. The molecule has 116 valence electrons. The fourth-order valence-corrected chi connectivity index (χ4v) is 4.10. The first-order valence-corrected chi connectivity index (χ1v) is 8.27. The molecule has 0 N–H and O–H groups in total. The molecule has 2 aliphatic heterocycles. The van der Waals surface area contributed by atoms with Crippen molar-refractivity contribution in [2.75, 3.05) is 13.1 Å². The molecule has 0 bridgehead atoms. The molecule has 1 saturated heterocycles. The zero-order valence-electron chi connectivity index (χ0n) is 12.8. The molecular formula is C16H19N3O2S. The standard InChI is InChI=1S/C16H19N3O2S/c1-12(20)19-16(2,13-8-4-3-5-9-13)22-14(17-19)15(21)18-10-6-7-11-18/h3-5,8-9H,6-7,10-11H2,1-2H3. The van der Waals surface area contributed by atoms with Crippen LogP contribution < -0.4 is 0 Å². The molecule has 2 heterocycles. The molecule has 0 aromatic heterocycles. The number of nitrogens with zero attached hydrogens (tertiary/aromatic N) is 3. The number of thioether (sulfide) groups is 1. The maximum absolute atomic E-state index is 12.6. The highest BCUT2D eigenvalue weighted by molar-refractivity contribution is 8.16. The van der Waals surface area contributed by atoms with Gasteiger partial charge in [0, 0.05) is 20.0 Å². The topological polar surface area (TPSA) is 53.0 Å². The highest BCUT2D eigenvalue weighted by Crippen LogP contribution is 2.45. The predicted octanol–water partition coefficient (Wildman–Crippen LogP) is 2.39. The van der Waals surface area contributed by atoms with Crippen molar-refractivity contribution in [2.24, 2.45) is 5.10 Å². The maximum atomic E-state index is 12.6. The van der Waals surface area contributed by atoms with Crippen LogP contribution >= 0.6 is 11.8 Å². The van der Waals surface area contributed by atoms with Gasteiger partial charge in [-0.1, -0.05) is 42.1 Å². The molecule has 5 nitrogen and oxygen atoms in total. The molecule has 6 heteroatoms. The van der Waals surface area contributed by atoms with E-state index in [9.17, 15) is 9.59 Å². The van der Waals surface area contributed by atoms with Crippen LogP contribution in [-0.4, -0.2) is 39.9 Å². The summed E-state index contributed by atoms with van der Waals surface area (Å²) in [6, 6.07) is 9.71. The van der Waals surface area contributed by atoms with Crippen LogP contribution in [0.3, 0.4) is 0 Å². The molecule has 1 unspecified atom stereocenters. The van der Waals surface area contributed by atoms with Crippen LogP contribution in [0.15, 0.2) is 35.4 Å². The zero-order valence-corrected chi connectivity index (χ0v) is 13.6. The van der Waals surface area contributed by atoms with Crippen molar-refractivity contribution in [3.63, 3.8) is 0 Å². The van der Waals surface area contributed by atoms with E-state index in [1.807, 2.05) is 42.2 Å². The summed E-state index contributed by atoms with van der Waals surface area (Å²) in [5, 5.41) is 6.17. The molecular weight excluding hydrogens is 298 g/mol. The van der Waals surface area contributed by atoms with Crippen molar-refractivity contribution >= 4 is 28.6 Å².